The van der Waals surface area contributed by atoms with Crippen LogP contribution in [0.5, 0.6) is 0 Å². The quantitative estimate of drug-likeness (QED) is 0.602. The topological polar surface area (TPSA) is 88.1 Å². The first-order valence-electron chi connectivity index (χ1n) is 9.02. The summed E-state index contributed by atoms with van der Waals surface area (Å²) in [6.45, 7) is 4.37. The Morgan fingerprint density at radius 1 is 0.964 bits per heavy atom. The van der Waals surface area contributed by atoms with Crippen molar-refractivity contribution in [2.75, 3.05) is 16.0 Å². The van der Waals surface area contributed by atoms with E-state index in [1.165, 1.54) is 0 Å². The van der Waals surface area contributed by atoms with Crippen LogP contribution in [0.15, 0.2) is 60.9 Å². The van der Waals surface area contributed by atoms with Crippen LogP contribution in [-0.2, 0) is 11.3 Å². The molecular formula is C21H23N5O2. The van der Waals surface area contributed by atoms with Gasteiger partial charge in [0.25, 0.3) is 0 Å². The molecule has 0 unspecified atom stereocenters. The number of rotatable bonds is 6. The molecule has 2 aromatic carbocycles. The van der Waals surface area contributed by atoms with Crippen LogP contribution in [-0.4, -0.2) is 21.7 Å². The summed E-state index contributed by atoms with van der Waals surface area (Å²) in [5.41, 5.74) is 3.94. The van der Waals surface area contributed by atoms with Crippen LogP contribution < -0.4 is 16.0 Å². The summed E-state index contributed by atoms with van der Waals surface area (Å²) in [6, 6.07) is 14.2. The van der Waals surface area contributed by atoms with E-state index in [1.807, 2.05) is 56.4 Å². The van der Waals surface area contributed by atoms with E-state index in [4.69, 9.17) is 0 Å². The minimum Gasteiger partial charge on any atom is -0.326 e. The molecule has 3 N–H and O–H groups in total. The molecule has 0 aliphatic rings. The highest BCUT2D eigenvalue weighted by atomic mass is 16.2. The van der Waals surface area contributed by atoms with E-state index in [9.17, 15) is 9.59 Å². The molecule has 0 bridgehead atoms. The van der Waals surface area contributed by atoms with Crippen LogP contribution >= 0.6 is 0 Å². The number of carbonyl (C=O) groups is 2. The fourth-order valence-corrected chi connectivity index (χ4v) is 2.67. The van der Waals surface area contributed by atoms with Crippen molar-refractivity contribution in [3.63, 3.8) is 0 Å². The molecule has 0 spiro atoms. The normalized spacial score (nSPS) is 10.4. The van der Waals surface area contributed by atoms with Crippen LogP contribution in [0.3, 0.4) is 0 Å². The number of aromatic nitrogens is 2. The Morgan fingerprint density at radius 2 is 1.71 bits per heavy atom. The molecule has 0 atom stereocenters. The maximum Gasteiger partial charge on any atom is 0.323 e. The monoisotopic (exact) mass is 377 g/mol. The number of urea groups is 1. The van der Waals surface area contributed by atoms with Gasteiger partial charge in [0.1, 0.15) is 0 Å². The van der Waals surface area contributed by atoms with Crippen molar-refractivity contribution in [1.82, 2.24) is 9.78 Å². The first-order valence-corrected chi connectivity index (χ1v) is 9.02. The molecule has 3 amide bonds. The summed E-state index contributed by atoms with van der Waals surface area (Å²) in [4.78, 5) is 24.4. The van der Waals surface area contributed by atoms with Gasteiger partial charge in [-0.1, -0.05) is 24.3 Å². The third-order valence-corrected chi connectivity index (χ3v) is 4.13. The van der Waals surface area contributed by atoms with Crippen molar-refractivity contribution >= 4 is 29.0 Å². The number of aryl methyl sites for hydroxylation is 3. The number of amides is 3. The van der Waals surface area contributed by atoms with Gasteiger partial charge in [0.15, 0.2) is 0 Å². The van der Waals surface area contributed by atoms with Gasteiger partial charge in [-0.05, 0) is 49.2 Å². The molecule has 3 aromatic rings. The highest BCUT2D eigenvalue weighted by Gasteiger charge is 2.09. The average Bonchev–Trinajstić information content (AvgIpc) is 3.09. The first-order chi connectivity index (χ1) is 13.5. The lowest BCUT2D eigenvalue weighted by molar-refractivity contribution is -0.116. The van der Waals surface area contributed by atoms with Crippen molar-refractivity contribution in [3.8, 4) is 0 Å². The Labute approximate surface area is 163 Å². The summed E-state index contributed by atoms with van der Waals surface area (Å²) in [5.74, 6) is -0.109. The summed E-state index contributed by atoms with van der Waals surface area (Å²) in [7, 11) is 0. The van der Waals surface area contributed by atoms with Gasteiger partial charge >= 0.3 is 6.03 Å². The van der Waals surface area contributed by atoms with Crippen molar-refractivity contribution < 1.29 is 9.59 Å². The summed E-state index contributed by atoms with van der Waals surface area (Å²) in [5, 5.41) is 12.6. The zero-order valence-corrected chi connectivity index (χ0v) is 15.9. The molecule has 1 aromatic heterocycles. The second-order valence-electron chi connectivity index (χ2n) is 6.55. The van der Waals surface area contributed by atoms with E-state index in [2.05, 4.69) is 21.0 Å². The second kappa shape index (κ2) is 8.85. The lowest BCUT2D eigenvalue weighted by Gasteiger charge is -2.12. The second-order valence-corrected chi connectivity index (χ2v) is 6.55. The van der Waals surface area contributed by atoms with Crippen molar-refractivity contribution in [3.05, 3.63) is 72.1 Å². The number of benzene rings is 2. The van der Waals surface area contributed by atoms with E-state index in [1.54, 1.807) is 23.0 Å². The van der Waals surface area contributed by atoms with Crippen LogP contribution in [0.4, 0.5) is 21.9 Å². The first kappa shape index (κ1) is 19.2. The molecule has 144 valence electrons. The van der Waals surface area contributed by atoms with Gasteiger partial charge in [-0.25, -0.2) is 4.79 Å². The number of anilines is 3. The molecular weight excluding hydrogens is 354 g/mol. The average molecular weight is 377 g/mol. The third-order valence-electron chi connectivity index (χ3n) is 4.13. The molecule has 3 rings (SSSR count). The van der Waals surface area contributed by atoms with E-state index in [0.717, 1.165) is 11.1 Å². The molecule has 0 radical (unpaired) electrons. The standard InChI is InChI=1S/C21H23N5O2/c1-15-13-22-26(14-15)11-10-20(27)25-19-12-18(9-8-16(19)2)24-21(28)23-17-6-4-3-5-7-17/h3-9,12-14H,10-11H2,1-2H3,(H,25,27)(H2,23,24,28). The molecule has 0 aliphatic carbocycles. The van der Waals surface area contributed by atoms with Crippen LogP contribution in [0.2, 0.25) is 0 Å². The van der Waals surface area contributed by atoms with E-state index < -0.39 is 0 Å². The summed E-state index contributed by atoms with van der Waals surface area (Å²) in [6.07, 6.45) is 3.97. The van der Waals surface area contributed by atoms with Gasteiger partial charge in [-0.2, -0.15) is 5.10 Å². The molecule has 0 saturated carbocycles. The number of para-hydroxylation sites is 1. The Balaban J connectivity index is 1.57. The molecule has 7 heteroatoms. The summed E-state index contributed by atoms with van der Waals surface area (Å²) >= 11 is 0. The Morgan fingerprint density at radius 3 is 2.43 bits per heavy atom. The minimum atomic E-state index is -0.346. The van der Waals surface area contributed by atoms with Gasteiger partial charge in [0.05, 0.1) is 6.20 Å². The van der Waals surface area contributed by atoms with Crippen LogP contribution in [0.1, 0.15) is 17.5 Å². The predicted molar refractivity (Wildman–Crippen MR) is 110 cm³/mol. The van der Waals surface area contributed by atoms with Gasteiger partial charge in [0.2, 0.25) is 5.91 Å². The number of carbonyl (C=O) groups excluding carboxylic acids is 2. The van der Waals surface area contributed by atoms with E-state index >= 15 is 0 Å². The molecule has 0 saturated heterocycles. The van der Waals surface area contributed by atoms with Gasteiger partial charge in [0, 0.05) is 36.2 Å². The van der Waals surface area contributed by atoms with Crippen LogP contribution in [0, 0.1) is 13.8 Å². The largest absolute Gasteiger partial charge is 0.326 e. The van der Waals surface area contributed by atoms with Crippen molar-refractivity contribution in [2.45, 2.75) is 26.8 Å². The maximum absolute atomic E-state index is 12.3. The van der Waals surface area contributed by atoms with Crippen molar-refractivity contribution in [2.24, 2.45) is 0 Å². The zero-order chi connectivity index (χ0) is 19.9. The van der Waals surface area contributed by atoms with Crippen molar-refractivity contribution in [1.29, 1.82) is 0 Å². The fourth-order valence-electron chi connectivity index (χ4n) is 2.67. The number of nitrogens with one attached hydrogen (secondary N) is 3. The molecule has 0 fully saturated rings. The summed E-state index contributed by atoms with van der Waals surface area (Å²) < 4.78 is 1.74. The highest BCUT2D eigenvalue weighted by Crippen LogP contribution is 2.21. The highest BCUT2D eigenvalue weighted by molar-refractivity contribution is 6.00. The number of hydrogen-bond donors (Lipinski definition) is 3. The Hall–Kier alpha value is -3.61. The SMILES string of the molecule is Cc1cnn(CCC(=O)Nc2cc(NC(=O)Nc3ccccc3)ccc2C)c1. The number of hydrogen-bond acceptors (Lipinski definition) is 3. The maximum atomic E-state index is 12.3. The predicted octanol–water partition coefficient (Wildman–Crippen LogP) is 4.17. The van der Waals surface area contributed by atoms with Gasteiger partial charge in [-0.15, -0.1) is 0 Å². The molecule has 0 aliphatic heterocycles. The Bertz CT molecular complexity index is 966. The molecule has 28 heavy (non-hydrogen) atoms. The smallest absolute Gasteiger partial charge is 0.323 e. The van der Waals surface area contributed by atoms with Gasteiger partial charge in [-0.3, -0.25) is 9.48 Å². The minimum absolute atomic E-state index is 0.109. The lowest BCUT2D eigenvalue weighted by atomic mass is 10.1. The lowest BCUT2D eigenvalue weighted by Crippen LogP contribution is -2.20. The van der Waals surface area contributed by atoms with E-state index in [0.29, 0.717) is 30.0 Å². The zero-order valence-electron chi connectivity index (χ0n) is 15.9. The number of nitrogens with zero attached hydrogens (tertiary/aromatic N) is 2. The van der Waals surface area contributed by atoms with Crippen LogP contribution in [0.25, 0.3) is 0 Å². The third kappa shape index (κ3) is 5.44. The molecule has 7 nitrogen and oxygen atoms in total. The molecule has 1 heterocycles. The van der Waals surface area contributed by atoms with Gasteiger partial charge < -0.3 is 16.0 Å². The Kier molecular flexibility index (Phi) is 6.06. The fraction of sp³-hybridized carbons (Fsp3) is 0.190. The van der Waals surface area contributed by atoms with E-state index in [-0.39, 0.29) is 11.9 Å².